The minimum Gasteiger partial charge on any atom is -0.418 e. The second-order valence-electron chi connectivity index (χ2n) is 3.58. The maximum Gasteiger partial charge on any atom is 0.247 e. The number of halogens is 1. The summed E-state index contributed by atoms with van der Waals surface area (Å²) in [5, 5.41) is 0.587. The van der Waals surface area contributed by atoms with Crippen molar-refractivity contribution in [3.8, 4) is 11.5 Å². The number of nitrogen functional groups attached to an aromatic ring is 1. The Bertz CT molecular complexity index is 660. The number of hydrogen-bond acceptors (Lipinski definition) is 4. The first kappa shape index (κ1) is 10.1. The Morgan fingerprint density at radius 3 is 2.94 bits per heavy atom. The number of rotatable bonds is 1. The van der Waals surface area contributed by atoms with Gasteiger partial charge < -0.3 is 10.2 Å². The van der Waals surface area contributed by atoms with E-state index in [-0.39, 0.29) is 0 Å². The number of oxazole rings is 1. The molecule has 2 N–H and O–H groups in total. The van der Waals surface area contributed by atoms with E-state index >= 15 is 0 Å². The molecule has 0 radical (unpaired) electrons. The smallest absolute Gasteiger partial charge is 0.247 e. The van der Waals surface area contributed by atoms with Crippen LogP contribution in [0.3, 0.4) is 0 Å². The van der Waals surface area contributed by atoms with E-state index in [0.29, 0.717) is 33.4 Å². The van der Waals surface area contributed by atoms with E-state index in [4.69, 9.17) is 21.8 Å². The number of anilines is 1. The van der Waals surface area contributed by atoms with E-state index in [9.17, 15) is 0 Å². The van der Waals surface area contributed by atoms with Gasteiger partial charge in [-0.3, -0.25) is 0 Å². The van der Waals surface area contributed by atoms with Crippen LogP contribution in [0.1, 0.15) is 0 Å². The molecule has 1 aromatic carbocycles. The Hall–Kier alpha value is -2.07. The zero-order valence-electron chi connectivity index (χ0n) is 8.72. The molecule has 3 rings (SSSR count). The quantitative estimate of drug-likeness (QED) is 0.669. The van der Waals surface area contributed by atoms with Crippen LogP contribution in [0.25, 0.3) is 22.7 Å². The number of nitrogens with two attached hydrogens (primary N) is 1. The molecule has 0 atom stereocenters. The highest BCUT2D eigenvalue weighted by atomic mass is 35.5. The third-order valence-corrected chi connectivity index (χ3v) is 2.65. The molecule has 4 nitrogen and oxygen atoms in total. The molecule has 0 aliphatic rings. The average molecular weight is 246 g/mol. The fraction of sp³-hybridized carbons (Fsp3) is 0. The number of pyridine rings is 1. The number of benzene rings is 1. The van der Waals surface area contributed by atoms with Gasteiger partial charge >= 0.3 is 0 Å². The van der Waals surface area contributed by atoms with Gasteiger partial charge in [-0.1, -0.05) is 11.6 Å². The topological polar surface area (TPSA) is 64.9 Å². The van der Waals surface area contributed by atoms with Gasteiger partial charge in [0, 0.05) is 16.9 Å². The Kier molecular flexibility index (Phi) is 2.23. The van der Waals surface area contributed by atoms with Crippen LogP contribution in [0.4, 0.5) is 5.69 Å². The van der Waals surface area contributed by atoms with Crippen molar-refractivity contribution < 1.29 is 4.42 Å². The summed E-state index contributed by atoms with van der Waals surface area (Å²) in [6.45, 7) is 0. The first-order valence-corrected chi connectivity index (χ1v) is 5.39. The van der Waals surface area contributed by atoms with Crippen molar-refractivity contribution in [1.82, 2.24) is 9.97 Å². The maximum atomic E-state index is 5.92. The highest BCUT2D eigenvalue weighted by Crippen LogP contribution is 2.29. The molecule has 2 heterocycles. The van der Waals surface area contributed by atoms with Gasteiger partial charge in [0.05, 0.1) is 5.56 Å². The van der Waals surface area contributed by atoms with Crippen molar-refractivity contribution in [2.75, 3.05) is 5.73 Å². The first-order valence-electron chi connectivity index (χ1n) is 5.01. The summed E-state index contributed by atoms with van der Waals surface area (Å²) in [7, 11) is 0. The second kappa shape index (κ2) is 3.75. The first-order chi connectivity index (χ1) is 8.24. The van der Waals surface area contributed by atoms with Crippen LogP contribution in [-0.4, -0.2) is 9.97 Å². The van der Waals surface area contributed by atoms with Gasteiger partial charge in [-0.25, -0.2) is 9.97 Å². The van der Waals surface area contributed by atoms with Crippen LogP contribution >= 0.6 is 11.6 Å². The number of nitrogens with zero attached hydrogens (tertiary/aromatic N) is 2. The normalized spacial score (nSPS) is 10.9. The third-order valence-electron chi connectivity index (χ3n) is 2.41. The molecule has 0 bridgehead atoms. The lowest BCUT2D eigenvalue weighted by atomic mass is 10.2. The zero-order valence-corrected chi connectivity index (χ0v) is 9.48. The third kappa shape index (κ3) is 1.72. The molecule has 0 aliphatic carbocycles. The summed E-state index contributed by atoms with van der Waals surface area (Å²) in [6, 6.07) is 8.80. The Labute approximate surface area is 102 Å². The van der Waals surface area contributed by atoms with Crippen molar-refractivity contribution >= 4 is 28.5 Å². The Balaban J connectivity index is 2.23. The van der Waals surface area contributed by atoms with Crippen molar-refractivity contribution in [3.05, 3.63) is 41.6 Å². The van der Waals surface area contributed by atoms with Crippen LogP contribution in [0, 0.1) is 0 Å². The van der Waals surface area contributed by atoms with Gasteiger partial charge in [0.25, 0.3) is 0 Å². The highest BCUT2D eigenvalue weighted by molar-refractivity contribution is 6.31. The highest BCUT2D eigenvalue weighted by Gasteiger charge is 2.11. The molecule has 0 fully saturated rings. The number of fused-ring (bicyclic) bond motifs is 1. The maximum absolute atomic E-state index is 5.92. The lowest BCUT2D eigenvalue weighted by molar-refractivity contribution is 0.608. The van der Waals surface area contributed by atoms with Crippen LogP contribution in [0.15, 0.2) is 40.9 Å². The predicted molar refractivity (Wildman–Crippen MR) is 66.7 cm³/mol. The van der Waals surface area contributed by atoms with Gasteiger partial charge in [0.1, 0.15) is 5.52 Å². The Morgan fingerprint density at radius 2 is 2.12 bits per heavy atom. The molecule has 2 aromatic heterocycles. The molecular formula is C12H8ClN3O. The molecule has 0 unspecified atom stereocenters. The standard InChI is InChI=1S/C12H8ClN3O/c13-7-3-4-9(14)8(6-7)11-16-10-2-1-5-15-12(10)17-11/h1-6H,14H2. The monoisotopic (exact) mass is 245 g/mol. The SMILES string of the molecule is Nc1ccc(Cl)cc1-c1nc2cccnc2o1. The lowest BCUT2D eigenvalue weighted by Crippen LogP contribution is -1.89. The van der Waals surface area contributed by atoms with Gasteiger partial charge in [0.2, 0.25) is 11.6 Å². The summed E-state index contributed by atoms with van der Waals surface area (Å²) in [4.78, 5) is 8.39. The van der Waals surface area contributed by atoms with Crippen molar-refractivity contribution in [2.24, 2.45) is 0 Å². The van der Waals surface area contributed by atoms with Gasteiger partial charge in [-0.05, 0) is 30.3 Å². The summed E-state index contributed by atoms with van der Waals surface area (Å²) < 4.78 is 5.53. The molecule has 0 amide bonds. The largest absolute Gasteiger partial charge is 0.418 e. The molecule has 5 heteroatoms. The Morgan fingerprint density at radius 1 is 1.24 bits per heavy atom. The molecule has 84 valence electrons. The molecule has 3 aromatic rings. The fourth-order valence-corrected chi connectivity index (χ4v) is 1.77. The van der Waals surface area contributed by atoms with Crippen LogP contribution < -0.4 is 5.73 Å². The van der Waals surface area contributed by atoms with E-state index in [1.807, 2.05) is 6.07 Å². The van der Waals surface area contributed by atoms with Crippen LogP contribution in [0.2, 0.25) is 5.02 Å². The van der Waals surface area contributed by atoms with Gasteiger partial charge in [0.15, 0.2) is 0 Å². The van der Waals surface area contributed by atoms with Crippen molar-refractivity contribution in [1.29, 1.82) is 0 Å². The second-order valence-corrected chi connectivity index (χ2v) is 4.01. The predicted octanol–water partition coefficient (Wildman–Crippen LogP) is 3.13. The number of aromatic nitrogens is 2. The minimum atomic E-state index is 0.429. The molecule has 17 heavy (non-hydrogen) atoms. The number of hydrogen-bond donors (Lipinski definition) is 1. The fourth-order valence-electron chi connectivity index (χ4n) is 1.60. The molecular weight excluding hydrogens is 238 g/mol. The van der Waals surface area contributed by atoms with Gasteiger partial charge in [-0.2, -0.15) is 0 Å². The molecule has 0 spiro atoms. The van der Waals surface area contributed by atoms with Gasteiger partial charge in [-0.15, -0.1) is 0 Å². The van der Waals surface area contributed by atoms with E-state index in [0.717, 1.165) is 0 Å². The molecule has 0 saturated carbocycles. The van der Waals surface area contributed by atoms with E-state index in [1.54, 1.807) is 30.5 Å². The van der Waals surface area contributed by atoms with E-state index in [2.05, 4.69) is 9.97 Å². The van der Waals surface area contributed by atoms with E-state index < -0.39 is 0 Å². The zero-order chi connectivity index (χ0) is 11.8. The molecule has 0 aliphatic heterocycles. The molecule has 0 saturated heterocycles. The van der Waals surface area contributed by atoms with Crippen LogP contribution in [-0.2, 0) is 0 Å². The summed E-state index contributed by atoms with van der Waals surface area (Å²) in [5.41, 5.74) is 8.29. The van der Waals surface area contributed by atoms with Crippen LogP contribution in [0.5, 0.6) is 0 Å². The summed E-state index contributed by atoms with van der Waals surface area (Å²) in [6.07, 6.45) is 1.65. The van der Waals surface area contributed by atoms with Crippen molar-refractivity contribution in [3.63, 3.8) is 0 Å². The van der Waals surface area contributed by atoms with Crippen molar-refractivity contribution in [2.45, 2.75) is 0 Å². The van der Waals surface area contributed by atoms with E-state index in [1.165, 1.54) is 0 Å². The lowest BCUT2D eigenvalue weighted by Gasteiger charge is -2.00. The summed E-state index contributed by atoms with van der Waals surface area (Å²) in [5.74, 6) is 0.429. The summed E-state index contributed by atoms with van der Waals surface area (Å²) >= 11 is 5.92. The minimum absolute atomic E-state index is 0.429. The average Bonchev–Trinajstić information content (AvgIpc) is 2.75.